The minimum absolute atomic E-state index is 0.0116. The SMILES string of the molecule is Cc1nn(CCC(=O)N2c3ccccc3OCC2C)c(C)c1[N+](=O)[O-]. The van der Waals surface area contributed by atoms with Gasteiger partial charge in [0.15, 0.2) is 0 Å². The Balaban J connectivity index is 1.78. The molecule has 2 heterocycles. The number of carbonyl (C=O) groups is 1. The van der Waals surface area contributed by atoms with Crippen LogP contribution in [0.1, 0.15) is 24.7 Å². The summed E-state index contributed by atoms with van der Waals surface area (Å²) < 4.78 is 7.19. The summed E-state index contributed by atoms with van der Waals surface area (Å²) in [5, 5.41) is 15.3. The maximum atomic E-state index is 12.8. The van der Waals surface area contributed by atoms with Crippen molar-refractivity contribution in [3.63, 3.8) is 0 Å². The lowest BCUT2D eigenvalue weighted by Gasteiger charge is -2.35. The molecule has 3 rings (SSSR count). The van der Waals surface area contributed by atoms with E-state index in [0.717, 1.165) is 5.69 Å². The molecule has 0 saturated heterocycles. The minimum Gasteiger partial charge on any atom is -0.489 e. The van der Waals surface area contributed by atoms with Crippen LogP contribution in [0.25, 0.3) is 0 Å². The fraction of sp³-hybridized carbons (Fsp3) is 0.412. The number of hydrogen-bond acceptors (Lipinski definition) is 5. The van der Waals surface area contributed by atoms with E-state index in [1.165, 1.54) is 4.68 Å². The van der Waals surface area contributed by atoms with Crippen molar-refractivity contribution in [3.05, 3.63) is 45.8 Å². The molecule has 0 N–H and O–H groups in total. The Hall–Kier alpha value is -2.90. The van der Waals surface area contributed by atoms with Gasteiger partial charge in [0.1, 0.15) is 23.7 Å². The van der Waals surface area contributed by atoms with Crippen molar-refractivity contribution < 1.29 is 14.5 Å². The maximum Gasteiger partial charge on any atom is 0.312 e. The van der Waals surface area contributed by atoms with Crippen molar-refractivity contribution in [2.75, 3.05) is 11.5 Å². The molecule has 8 heteroatoms. The largest absolute Gasteiger partial charge is 0.489 e. The molecule has 0 bridgehead atoms. The van der Waals surface area contributed by atoms with Crippen LogP contribution in [0.2, 0.25) is 0 Å². The summed E-state index contributed by atoms with van der Waals surface area (Å²) in [6.45, 7) is 5.92. The molecule has 2 aromatic rings. The molecule has 0 fully saturated rings. The summed E-state index contributed by atoms with van der Waals surface area (Å²) in [6, 6.07) is 7.36. The summed E-state index contributed by atoms with van der Waals surface area (Å²) in [5.41, 5.74) is 1.59. The number of aryl methyl sites for hydroxylation is 2. The number of rotatable bonds is 4. The van der Waals surface area contributed by atoms with Crippen LogP contribution >= 0.6 is 0 Å². The highest BCUT2D eigenvalue weighted by Crippen LogP contribution is 2.34. The third-order valence-corrected chi connectivity index (χ3v) is 4.38. The zero-order valence-electron chi connectivity index (χ0n) is 14.4. The predicted molar refractivity (Wildman–Crippen MR) is 91.9 cm³/mol. The minimum atomic E-state index is -0.434. The predicted octanol–water partition coefficient (Wildman–Crippen LogP) is 2.61. The smallest absolute Gasteiger partial charge is 0.312 e. The highest BCUT2D eigenvalue weighted by Gasteiger charge is 2.29. The molecule has 1 aromatic carbocycles. The molecule has 0 spiro atoms. The normalized spacial score (nSPS) is 16.3. The van der Waals surface area contributed by atoms with Crippen LogP contribution in [0.4, 0.5) is 11.4 Å². The zero-order valence-corrected chi connectivity index (χ0v) is 14.4. The molecular formula is C17H20N4O4. The van der Waals surface area contributed by atoms with E-state index in [4.69, 9.17) is 4.74 Å². The zero-order chi connectivity index (χ0) is 18.1. The molecule has 1 aliphatic rings. The molecule has 1 amide bonds. The first-order valence-corrected chi connectivity index (χ1v) is 8.12. The lowest BCUT2D eigenvalue weighted by molar-refractivity contribution is -0.386. The molecule has 0 saturated carbocycles. The van der Waals surface area contributed by atoms with Crippen molar-refractivity contribution in [1.29, 1.82) is 0 Å². The van der Waals surface area contributed by atoms with Gasteiger partial charge in [-0.1, -0.05) is 12.1 Å². The molecule has 8 nitrogen and oxygen atoms in total. The Bertz CT molecular complexity index is 830. The van der Waals surface area contributed by atoms with E-state index in [0.29, 0.717) is 30.3 Å². The molecule has 132 valence electrons. The van der Waals surface area contributed by atoms with Gasteiger partial charge in [-0.2, -0.15) is 5.10 Å². The second-order valence-electron chi connectivity index (χ2n) is 6.14. The van der Waals surface area contributed by atoms with Crippen LogP contribution in [-0.4, -0.2) is 33.3 Å². The quantitative estimate of drug-likeness (QED) is 0.628. The molecule has 1 unspecified atom stereocenters. The third-order valence-electron chi connectivity index (χ3n) is 4.38. The fourth-order valence-corrected chi connectivity index (χ4v) is 3.17. The Labute approximate surface area is 145 Å². The highest BCUT2D eigenvalue weighted by molar-refractivity contribution is 5.95. The molecule has 25 heavy (non-hydrogen) atoms. The first-order chi connectivity index (χ1) is 11.9. The number of amides is 1. The number of nitrogens with zero attached hydrogens (tertiary/aromatic N) is 4. The Morgan fingerprint density at radius 2 is 2.12 bits per heavy atom. The lowest BCUT2D eigenvalue weighted by atomic mass is 10.1. The van der Waals surface area contributed by atoms with Gasteiger partial charge in [-0.25, -0.2) is 0 Å². The Kier molecular flexibility index (Phi) is 4.43. The van der Waals surface area contributed by atoms with Crippen molar-refractivity contribution in [1.82, 2.24) is 9.78 Å². The molecule has 1 aromatic heterocycles. The van der Waals surface area contributed by atoms with Crippen molar-refractivity contribution >= 4 is 17.3 Å². The summed E-state index contributed by atoms with van der Waals surface area (Å²) in [4.78, 5) is 25.2. The van der Waals surface area contributed by atoms with Crippen molar-refractivity contribution in [2.24, 2.45) is 0 Å². The van der Waals surface area contributed by atoms with E-state index in [2.05, 4.69) is 5.10 Å². The number of fused-ring (bicyclic) bond motifs is 1. The van der Waals surface area contributed by atoms with E-state index >= 15 is 0 Å². The number of ether oxygens (including phenoxy) is 1. The number of benzene rings is 1. The molecular weight excluding hydrogens is 324 g/mol. The van der Waals surface area contributed by atoms with E-state index in [-0.39, 0.29) is 24.1 Å². The van der Waals surface area contributed by atoms with Gasteiger partial charge in [-0.15, -0.1) is 0 Å². The van der Waals surface area contributed by atoms with Crippen molar-refractivity contribution in [3.8, 4) is 5.75 Å². The van der Waals surface area contributed by atoms with Crippen LogP contribution in [0.3, 0.4) is 0 Å². The second kappa shape index (κ2) is 6.54. The number of anilines is 1. The van der Waals surface area contributed by atoms with Gasteiger partial charge < -0.3 is 9.64 Å². The molecule has 0 aliphatic carbocycles. The van der Waals surface area contributed by atoms with Gasteiger partial charge in [-0.3, -0.25) is 19.6 Å². The number of nitro groups is 1. The van der Waals surface area contributed by atoms with Crippen LogP contribution < -0.4 is 9.64 Å². The van der Waals surface area contributed by atoms with Gasteiger partial charge in [0.2, 0.25) is 5.91 Å². The second-order valence-corrected chi connectivity index (χ2v) is 6.14. The topological polar surface area (TPSA) is 90.5 Å². The molecule has 1 aliphatic heterocycles. The van der Waals surface area contributed by atoms with Gasteiger partial charge >= 0.3 is 5.69 Å². The fourth-order valence-electron chi connectivity index (χ4n) is 3.17. The third kappa shape index (κ3) is 3.07. The van der Waals surface area contributed by atoms with Crippen LogP contribution in [0.15, 0.2) is 24.3 Å². The lowest BCUT2D eigenvalue weighted by Crippen LogP contribution is -2.45. The summed E-state index contributed by atoms with van der Waals surface area (Å²) in [6.07, 6.45) is 0.206. The first kappa shape index (κ1) is 16.9. The Morgan fingerprint density at radius 3 is 2.80 bits per heavy atom. The highest BCUT2D eigenvalue weighted by atomic mass is 16.6. The van der Waals surface area contributed by atoms with Crippen LogP contribution in [0, 0.1) is 24.0 Å². The van der Waals surface area contributed by atoms with E-state index in [9.17, 15) is 14.9 Å². The average Bonchev–Trinajstić information content (AvgIpc) is 2.86. The average molecular weight is 344 g/mol. The van der Waals surface area contributed by atoms with Crippen molar-refractivity contribution in [2.45, 2.75) is 39.8 Å². The number of hydrogen-bond donors (Lipinski definition) is 0. The monoisotopic (exact) mass is 344 g/mol. The van der Waals surface area contributed by atoms with E-state index in [1.54, 1.807) is 18.7 Å². The van der Waals surface area contributed by atoms with Gasteiger partial charge in [-0.05, 0) is 32.9 Å². The Morgan fingerprint density at radius 1 is 1.40 bits per heavy atom. The number of para-hydroxylation sites is 2. The number of carbonyl (C=O) groups excluding carboxylic acids is 1. The van der Waals surface area contributed by atoms with Gasteiger partial charge in [0.05, 0.1) is 23.2 Å². The first-order valence-electron chi connectivity index (χ1n) is 8.12. The van der Waals surface area contributed by atoms with E-state index < -0.39 is 4.92 Å². The summed E-state index contributed by atoms with van der Waals surface area (Å²) in [5.74, 6) is 0.633. The maximum absolute atomic E-state index is 12.8. The summed E-state index contributed by atoms with van der Waals surface area (Å²) >= 11 is 0. The van der Waals surface area contributed by atoms with Gasteiger partial charge in [0, 0.05) is 6.42 Å². The van der Waals surface area contributed by atoms with E-state index in [1.807, 2.05) is 31.2 Å². The molecule has 1 atom stereocenters. The summed E-state index contributed by atoms with van der Waals surface area (Å²) in [7, 11) is 0. The standard InChI is InChI=1S/C17H20N4O4/c1-11-10-25-15-7-5-4-6-14(15)20(11)16(22)8-9-19-13(3)17(21(23)24)12(2)18-19/h4-7,11H,8-10H2,1-3H3. The van der Waals surface area contributed by atoms with Crippen LogP contribution in [0.5, 0.6) is 5.75 Å². The van der Waals surface area contributed by atoms with Crippen LogP contribution in [-0.2, 0) is 11.3 Å². The molecule has 0 radical (unpaired) electrons. The van der Waals surface area contributed by atoms with Gasteiger partial charge in [0.25, 0.3) is 0 Å². The number of aromatic nitrogens is 2.